The van der Waals surface area contributed by atoms with Gasteiger partial charge in [-0.05, 0) is 43.9 Å². The first kappa shape index (κ1) is 18.2. The number of rotatable bonds is 6. The molecule has 0 bridgehead atoms. The van der Waals surface area contributed by atoms with Crippen LogP contribution in [-0.4, -0.2) is 28.8 Å². The van der Waals surface area contributed by atoms with Crippen LogP contribution in [0, 0.1) is 0 Å². The van der Waals surface area contributed by atoms with E-state index in [0.29, 0.717) is 6.54 Å². The zero-order valence-electron chi connectivity index (χ0n) is 15.3. The van der Waals surface area contributed by atoms with Gasteiger partial charge in [0.05, 0.1) is 11.4 Å². The van der Waals surface area contributed by atoms with Crippen molar-refractivity contribution in [3.63, 3.8) is 0 Å². The number of piperidine rings is 1. The van der Waals surface area contributed by atoms with E-state index in [1.54, 1.807) is 0 Å². The van der Waals surface area contributed by atoms with Crippen LogP contribution < -0.4 is 15.8 Å². The van der Waals surface area contributed by atoms with Crippen molar-refractivity contribution in [3.8, 4) is 0 Å². The molecule has 1 saturated heterocycles. The lowest BCUT2D eigenvalue weighted by molar-refractivity contribution is 0.102. The molecular formula is C20H26N4O2. The number of carbonyl (C=O) groups excluding carboxylic acids is 1. The van der Waals surface area contributed by atoms with E-state index in [0.717, 1.165) is 37.3 Å². The molecule has 1 aromatic heterocycles. The lowest BCUT2D eigenvalue weighted by Crippen LogP contribution is -2.31. The third-order valence-corrected chi connectivity index (χ3v) is 4.67. The van der Waals surface area contributed by atoms with Gasteiger partial charge in [-0.25, -0.2) is 4.68 Å². The van der Waals surface area contributed by atoms with Gasteiger partial charge in [0, 0.05) is 25.7 Å². The summed E-state index contributed by atoms with van der Waals surface area (Å²) in [6, 6.07) is 10.8. The standard InChI is InChI=1S/C20H26N4O2/c1-2-3-15-24-19(25)12-11-17(22-24)20(26)21-16-9-5-6-10-18(16)23-13-7-4-8-14-23/h5-6,9-12H,2-4,7-8,13-15H2,1H3,(H,21,26). The maximum atomic E-state index is 12.7. The van der Waals surface area contributed by atoms with Gasteiger partial charge in [-0.3, -0.25) is 9.59 Å². The van der Waals surface area contributed by atoms with Crippen LogP contribution >= 0.6 is 0 Å². The molecule has 1 aliphatic heterocycles. The van der Waals surface area contributed by atoms with Crippen molar-refractivity contribution < 1.29 is 4.79 Å². The number of carbonyl (C=O) groups is 1. The molecule has 6 heteroatoms. The van der Waals surface area contributed by atoms with Crippen LogP contribution in [0.25, 0.3) is 0 Å². The van der Waals surface area contributed by atoms with E-state index in [1.165, 1.54) is 36.1 Å². The van der Waals surface area contributed by atoms with Gasteiger partial charge in [0.25, 0.3) is 11.5 Å². The largest absolute Gasteiger partial charge is 0.370 e. The molecular weight excluding hydrogens is 328 g/mol. The molecule has 138 valence electrons. The molecule has 0 unspecified atom stereocenters. The summed E-state index contributed by atoms with van der Waals surface area (Å²) in [7, 11) is 0. The van der Waals surface area contributed by atoms with Gasteiger partial charge in [0.15, 0.2) is 0 Å². The molecule has 3 rings (SSSR count). The average molecular weight is 354 g/mol. The van der Waals surface area contributed by atoms with E-state index in [4.69, 9.17) is 0 Å². The Morgan fingerprint density at radius 2 is 1.88 bits per heavy atom. The number of hydrogen-bond acceptors (Lipinski definition) is 4. The first-order chi connectivity index (χ1) is 12.7. The van der Waals surface area contributed by atoms with E-state index in [9.17, 15) is 9.59 Å². The first-order valence-corrected chi connectivity index (χ1v) is 9.42. The summed E-state index contributed by atoms with van der Waals surface area (Å²) >= 11 is 0. The van der Waals surface area contributed by atoms with Gasteiger partial charge >= 0.3 is 0 Å². The number of para-hydroxylation sites is 2. The summed E-state index contributed by atoms with van der Waals surface area (Å²) in [5, 5.41) is 7.20. The third-order valence-electron chi connectivity index (χ3n) is 4.67. The summed E-state index contributed by atoms with van der Waals surface area (Å²) in [6.45, 7) is 4.60. The van der Waals surface area contributed by atoms with E-state index < -0.39 is 0 Å². The summed E-state index contributed by atoms with van der Waals surface area (Å²) < 4.78 is 1.37. The molecule has 26 heavy (non-hydrogen) atoms. The maximum Gasteiger partial charge on any atom is 0.276 e. The van der Waals surface area contributed by atoms with Crippen molar-refractivity contribution in [1.82, 2.24) is 9.78 Å². The normalized spacial score (nSPS) is 14.3. The van der Waals surface area contributed by atoms with Crippen molar-refractivity contribution in [2.24, 2.45) is 0 Å². The first-order valence-electron chi connectivity index (χ1n) is 9.42. The van der Waals surface area contributed by atoms with Crippen LogP contribution in [0.5, 0.6) is 0 Å². The Hall–Kier alpha value is -2.63. The molecule has 0 saturated carbocycles. The number of hydrogen-bond donors (Lipinski definition) is 1. The van der Waals surface area contributed by atoms with Crippen LogP contribution in [-0.2, 0) is 6.54 Å². The Bertz CT molecular complexity index is 809. The quantitative estimate of drug-likeness (QED) is 0.864. The van der Waals surface area contributed by atoms with Gasteiger partial charge in [0.2, 0.25) is 0 Å². The molecule has 0 aliphatic carbocycles. The van der Waals surface area contributed by atoms with Crippen molar-refractivity contribution >= 4 is 17.3 Å². The predicted octanol–water partition coefficient (Wildman–Crippen LogP) is 3.29. The maximum absolute atomic E-state index is 12.7. The molecule has 1 fully saturated rings. The second kappa shape index (κ2) is 8.65. The molecule has 1 aromatic carbocycles. The van der Waals surface area contributed by atoms with Crippen molar-refractivity contribution in [3.05, 3.63) is 52.4 Å². The Balaban J connectivity index is 1.79. The van der Waals surface area contributed by atoms with Gasteiger partial charge in [0.1, 0.15) is 5.69 Å². The van der Waals surface area contributed by atoms with Crippen LogP contribution in [0.15, 0.2) is 41.2 Å². The van der Waals surface area contributed by atoms with Gasteiger partial charge in [-0.2, -0.15) is 5.10 Å². The number of unbranched alkanes of at least 4 members (excludes halogenated alkanes) is 1. The Morgan fingerprint density at radius 1 is 1.12 bits per heavy atom. The fraction of sp³-hybridized carbons (Fsp3) is 0.450. The van der Waals surface area contributed by atoms with Gasteiger partial charge < -0.3 is 10.2 Å². The van der Waals surface area contributed by atoms with Crippen LogP contribution in [0.3, 0.4) is 0 Å². The minimum absolute atomic E-state index is 0.177. The zero-order chi connectivity index (χ0) is 18.4. The monoisotopic (exact) mass is 354 g/mol. The molecule has 0 spiro atoms. The molecule has 2 aromatic rings. The molecule has 0 atom stereocenters. The topological polar surface area (TPSA) is 67.2 Å². The highest BCUT2D eigenvalue weighted by molar-refractivity contribution is 6.04. The second-order valence-corrected chi connectivity index (χ2v) is 6.65. The number of aryl methyl sites for hydroxylation is 1. The highest BCUT2D eigenvalue weighted by atomic mass is 16.2. The van der Waals surface area contributed by atoms with Crippen LogP contribution in [0.4, 0.5) is 11.4 Å². The summed E-state index contributed by atoms with van der Waals surface area (Å²) in [4.78, 5) is 26.9. The zero-order valence-corrected chi connectivity index (χ0v) is 15.3. The van der Waals surface area contributed by atoms with Crippen molar-refractivity contribution in [1.29, 1.82) is 0 Å². The molecule has 6 nitrogen and oxygen atoms in total. The van der Waals surface area contributed by atoms with E-state index in [1.807, 2.05) is 24.3 Å². The molecule has 0 radical (unpaired) electrons. The Morgan fingerprint density at radius 3 is 2.65 bits per heavy atom. The molecule has 1 N–H and O–H groups in total. The smallest absolute Gasteiger partial charge is 0.276 e. The minimum atomic E-state index is -0.292. The Kier molecular flexibility index (Phi) is 6.04. The molecule has 1 amide bonds. The number of aromatic nitrogens is 2. The van der Waals surface area contributed by atoms with E-state index in [-0.39, 0.29) is 17.2 Å². The average Bonchev–Trinajstić information content (AvgIpc) is 2.68. The lowest BCUT2D eigenvalue weighted by Gasteiger charge is -2.30. The summed E-state index contributed by atoms with van der Waals surface area (Å²) in [6.07, 6.45) is 5.43. The number of amides is 1. The number of benzene rings is 1. The summed E-state index contributed by atoms with van der Waals surface area (Å²) in [5.74, 6) is -0.292. The lowest BCUT2D eigenvalue weighted by atomic mass is 10.1. The third kappa shape index (κ3) is 4.31. The minimum Gasteiger partial charge on any atom is -0.370 e. The number of nitrogens with zero attached hydrogens (tertiary/aromatic N) is 3. The predicted molar refractivity (Wildman–Crippen MR) is 104 cm³/mol. The van der Waals surface area contributed by atoms with Gasteiger partial charge in [-0.15, -0.1) is 0 Å². The van der Waals surface area contributed by atoms with Crippen LogP contribution in [0.2, 0.25) is 0 Å². The van der Waals surface area contributed by atoms with Crippen molar-refractivity contribution in [2.75, 3.05) is 23.3 Å². The van der Waals surface area contributed by atoms with Crippen molar-refractivity contribution in [2.45, 2.75) is 45.6 Å². The number of nitrogens with one attached hydrogen (secondary N) is 1. The van der Waals surface area contributed by atoms with E-state index in [2.05, 4.69) is 22.2 Å². The van der Waals surface area contributed by atoms with E-state index >= 15 is 0 Å². The Labute approximate surface area is 153 Å². The second-order valence-electron chi connectivity index (χ2n) is 6.65. The SMILES string of the molecule is CCCCn1nc(C(=O)Nc2ccccc2N2CCCCC2)ccc1=O. The summed E-state index contributed by atoms with van der Waals surface area (Å²) in [5.41, 5.74) is 1.91. The highest BCUT2D eigenvalue weighted by Gasteiger charge is 2.17. The number of anilines is 2. The van der Waals surface area contributed by atoms with Crippen LogP contribution in [0.1, 0.15) is 49.5 Å². The fourth-order valence-corrected chi connectivity index (χ4v) is 3.21. The molecule has 1 aliphatic rings. The van der Waals surface area contributed by atoms with Gasteiger partial charge in [-0.1, -0.05) is 25.5 Å². The molecule has 2 heterocycles. The fourth-order valence-electron chi connectivity index (χ4n) is 3.21. The highest BCUT2D eigenvalue weighted by Crippen LogP contribution is 2.28.